The van der Waals surface area contributed by atoms with Gasteiger partial charge in [-0.1, -0.05) is 51.7 Å². The summed E-state index contributed by atoms with van der Waals surface area (Å²) < 4.78 is 0. The van der Waals surface area contributed by atoms with E-state index in [4.69, 9.17) is 0 Å². The van der Waals surface area contributed by atoms with Gasteiger partial charge in [-0.15, -0.1) is 0 Å². The fourth-order valence-corrected chi connectivity index (χ4v) is 1.59. The summed E-state index contributed by atoms with van der Waals surface area (Å²) in [6.45, 7) is 8.37. The zero-order valence-electron chi connectivity index (χ0n) is 9.89. The third kappa shape index (κ3) is 8.31. The second-order valence-corrected chi connectivity index (χ2v) is 4.21. The molecule has 0 heterocycles. The van der Waals surface area contributed by atoms with Crippen LogP contribution in [-0.2, 0) is 0 Å². The van der Waals surface area contributed by atoms with Gasteiger partial charge in [0.25, 0.3) is 0 Å². The molecule has 0 amide bonds. The highest BCUT2D eigenvalue weighted by molar-refractivity contribution is 4.95. The number of hydrogen-bond acceptors (Lipinski definition) is 1. The van der Waals surface area contributed by atoms with Crippen molar-refractivity contribution in [1.82, 2.24) is 0 Å². The van der Waals surface area contributed by atoms with Crippen molar-refractivity contribution in [2.45, 2.75) is 71.3 Å². The summed E-state index contributed by atoms with van der Waals surface area (Å²) in [6.07, 6.45) is 8.72. The lowest BCUT2D eigenvalue weighted by Crippen LogP contribution is -2.07. The summed E-state index contributed by atoms with van der Waals surface area (Å²) in [4.78, 5) is 0. The molecule has 0 rings (SSSR count). The molecule has 0 aromatic carbocycles. The fraction of sp³-hybridized carbons (Fsp3) is 0.846. The summed E-state index contributed by atoms with van der Waals surface area (Å²) in [5, 5.41) is 9.68. The quantitative estimate of drug-likeness (QED) is 0.437. The Labute approximate surface area is 89.2 Å². The van der Waals surface area contributed by atoms with Crippen molar-refractivity contribution in [1.29, 1.82) is 0 Å². The number of aliphatic hydroxyl groups excluding tert-OH is 1. The molecule has 0 saturated heterocycles. The standard InChI is InChI=1S/C13H26O/c1-4-6-8-10-13(14)11-12(3)9-7-5-2/h13-14H,3-11H2,1-2H3. The Morgan fingerprint density at radius 1 is 1.14 bits per heavy atom. The molecule has 1 N–H and O–H groups in total. The van der Waals surface area contributed by atoms with Gasteiger partial charge >= 0.3 is 0 Å². The lowest BCUT2D eigenvalue weighted by atomic mass is 10.0. The van der Waals surface area contributed by atoms with Gasteiger partial charge < -0.3 is 5.11 Å². The zero-order valence-corrected chi connectivity index (χ0v) is 9.89. The van der Waals surface area contributed by atoms with Crippen LogP contribution in [-0.4, -0.2) is 11.2 Å². The van der Waals surface area contributed by atoms with Crippen molar-refractivity contribution >= 4 is 0 Å². The highest BCUT2D eigenvalue weighted by Gasteiger charge is 2.05. The molecular formula is C13H26O. The summed E-state index contributed by atoms with van der Waals surface area (Å²) in [5.74, 6) is 0. The Morgan fingerprint density at radius 3 is 2.36 bits per heavy atom. The maximum Gasteiger partial charge on any atom is 0.0577 e. The molecule has 1 unspecified atom stereocenters. The second kappa shape index (κ2) is 9.26. The first-order chi connectivity index (χ1) is 6.70. The number of aliphatic hydroxyl groups is 1. The Kier molecular flexibility index (Phi) is 9.06. The average molecular weight is 198 g/mol. The molecule has 0 aromatic heterocycles. The molecule has 0 fully saturated rings. The molecule has 1 nitrogen and oxygen atoms in total. The van der Waals surface area contributed by atoms with Crippen LogP contribution in [0.1, 0.15) is 65.2 Å². The Balaban J connectivity index is 3.40. The van der Waals surface area contributed by atoms with E-state index in [2.05, 4.69) is 20.4 Å². The van der Waals surface area contributed by atoms with Gasteiger partial charge in [0.1, 0.15) is 0 Å². The minimum absolute atomic E-state index is 0.147. The minimum Gasteiger partial charge on any atom is -0.393 e. The fourth-order valence-electron chi connectivity index (χ4n) is 1.59. The van der Waals surface area contributed by atoms with Gasteiger partial charge in [-0.25, -0.2) is 0 Å². The maximum atomic E-state index is 9.68. The van der Waals surface area contributed by atoms with E-state index in [0.29, 0.717) is 0 Å². The third-order valence-corrected chi connectivity index (χ3v) is 2.55. The molecule has 0 aliphatic heterocycles. The van der Waals surface area contributed by atoms with E-state index in [1.807, 2.05) is 0 Å². The molecular weight excluding hydrogens is 172 g/mol. The van der Waals surface area contributed by atoms with E-state index in [1.165, 1.54) is 31.3 Å². The van der Waals surface area contributed by atoms with Gasteiger partial charge in [-0.3, -0.25) is 0 Å². The van der Waals surface area contributed by atoms with Crippen LogP contribution < -0.4 is 0 Å². The van der Waals surface area contributed by atoms with Gasteiger partial charge in [-0.2, -0.15) is 0 Å². The summed E-state index contributed by atoms with van der Waals surface area (Å²) in [7, 11) is 0. The van der Waals surface area contributed by atoms with Crippen LogP contribution in [0.5, 0.6) is 0 Å². The zero-order chi connectivity index (χ0) is 10.8. The van der Waals surface area contributed by atoms with Crippen LogP contribution in [0.25, 0.3) is 0 Å². The van der Waals surface area contributed by atoms with Gasteiger partial charge in [-0.05, 0) is 25.7 Å². The molecule has 0 radical (unpaired) electrons. The first kappa shape index (κ1) is 13.7. The predicted octanol–water partition coefficient (Wildman–Crippen LogP) is 4.06. The minimum atomic E-state index is -0.147. The van der Waals surface area contributed by atoms with E-state index in [9.17, 15) is 5.11 Å². The van der Waals surface area contributed by atoms with Crippen molar-refractivity contribution in [3.05, 3.63) is 12.2 Å². The average Bonchev–Trinajstić information content (AvgIpc) is 2.15. The topological polar surface area (TPSA) is 20.2 Å². The molecule has 0 aliphatic rings. The van der Waals surface area contributed by atoms with Crippen LogP contribution in [0, 0.1) is 0 Å². The van der Waals surface area contributed by atoms with Gasteiger partial charge in [0, 0.05) is 0 Å². The molecule has 1 atom stereocenters. The monoisotopic (exact) mass is 198 g/mol. The first-order valence-electron chi connectivity index (χ1n) is 6.05. The van der Waals surface area contributed by atoms with Crippen molar-refractivity contribution in [3.8, 4) is 0 Å². The number of unbranched alkanes of at least 4 members (excludes halogenated alkanes) is 3. The van der Waals surface area contributed by atoms with Gasteiger partial charge in [0.05, 0.1) is 6.10 Å². The first-order valence-corrected chi connectivity index (χ1v) is 6.05. The van der Waals surface area contributed by atoms with Crippen molar-refractivity contribution in [2.24, 2.45) is 0 Å². The largest absolute Gasteiger partial charge is 0.393 e. The predicted molar refractivity (Wildman–Crippen MR) is 63.4 cm³/mol. The van der Waals surface area contributed by atoms with E-state index in [1.54, 1.807) is 0 Å². The SMILES string of the molecule is C=C(CCCC)CC(O)CCCCC. The smallest absolute Gasteiger partial charge is 0.0577 e. The molecule has 14 heavy (non-hydrogen) atoms. The van der Waals surface area contributed by atoms with E-state index < -0.39 is 0 Å². The second-order valence-electron chi connectivity index (χ2n) is 4.21. The van der Waals surface area contributed by atoms with Crippen molar-refractivity contribution < 1.29 is 5.11 Å². The highest BCUT2D eigenvalue weighted by Crippen LogP contribution is 2.15. The van der Waals surface area contributed by atoms with E-state index in [-0.39, 0.29) is 6.10 Å². The van der Waals surface area contributed by atoms with Crippen LogP contribution in [0.4, 0.5) is 0 Å². The molecule has 0 aromatic rings. The Hall–Kier alpha value is -0.300. The van der Waals surface area contributed by atoms with Crippen molar-refractivity contribution in [3.63, 3.8) is 0 Å². The number of hydrogen-bond donors (Lipinski definition) is 1. The van der Waals surface area contributed by atoms with E-state index in [0.717, 1.165) is 25.7 Å². The highest BCUT2D eigenvalue weighted by atomic mass is 16.3. The van der Waals surface area contributed by atoms with Crippen LogP contribution in [0.15, 0.2) is 12.2 Å². The van der Waals surface area contributed by atoms with Gasteiger partial charge in [0.2, 0.25) is 0 Å². The summed E-state index contributed by atoms with van der Waals surface area (Å²) in [6, 6.07) is 0. The molecule has 1 heteroatoms. The molecule has 84 valence electrons. The summed E-state index contributed by atoms with van der Waals surface area (Å²) >= 11 is 0. The molecule has 0 saturated carbocycles. The molecule has 0 spiro atoms. The lowest BCUT2D eigenvalue weighted by molar-refractivity contribution is 0.160. The molecule has 0 bridgehead atoms. The third-order valence-electron chi connectivity index (χ3n) is 2.55. The molecule has 0 aliphatic carbocycles. The van der Waals surface area contributed by atoms with Crippen LogP contribution >= 0.6 is 0 Å². The Morgan fingerprint density at radius 2 is 1.79 bits per heavy atom. The lowest BCUT2D eigenvalue weighted by Gasteiger charge is -2.11. The normalized spacial score (nSPS) is 12.8. The van der Waals surface area contributed by atoms with Crippen molar-refractivity contribution in [2.75, 3.05) is 0 Å². The maximum absolute atomic E-state index is 9.68. The van der Waals surface area contributed by atoms with Gasteiger partial charge in [0.15, 0.2) is 0 Å². The van der Waals surface area contributed by atoms with Crippen LogP contribution in [0.2, 0.25) is 0 Å². The Bertz CT molecular complexity index is 140. The van der Waals surface area contributed by atoms with Crippen LogP contribution in [0.3, 0.4) is 0 Å². The summed E-state index contributed by atoms with van der Waals surface area (Å²) in [5.41, 5.74) is 1.22. The number of rotatable bonds is 9. The van der Waals surface area contributed by atoms with E-state index >= 15 is 0 Å².